The number of thioether (sulfide) groups is 1. The number of thiazole rings is 1. The van der Waals surface area contributed by atoms with Crippen molar-refractivity contribution in [3.8, 4) is 39.6 Å². The van der Waals surface area contributed by atoms with Crippen molar-refractivity contribution in [2.75, 3.05) is 26.1 Å². The van der Waals surface area contributed by atoms with E-state index in [9.17, 15) is 10.5 Å². The predicted octanol–water partition coefficient (Wildman–Crippen LogP) is 5.58. The van der Waals surface area contributed by atoms with Crippen LogP contribution in [0.2, 0.25) is 0 Å². The van der Waals surface area contributed by atoms with Crippen LogP contribution in [0.5, 0.6) is 5.75 Å². The van der Waals surface area contributed by atoms with Gasteiger partial charge in [0.2, 0.25) is 0 Å². The highest BCUT2D eigenvalue weighted by Gasteiger charge is 2.21. The Kier molecular flexibility index (Phi) is 7.78. The fourth-order valence-electron chi connectivity index (χ4n) is 3.19. The van der Waals surface area contributed by atoms with Crippen LogP contribution in [-0.2, 0) is 10.5 Å². The fourth-order valence-corrected chi connectivity index (χ4v) is 5.71. The molecular formula is C24H19N5O2S3. The van der Waals surface area contributed by atoms with E-state index in [2.05, 4.69) is 27.5 Å². The molecular weight excluding hydrogens is 486 g/mol. The molecule has 2 N–H and O–H groups in total. The van der Waals surface area contributed by atoms with Crippen LogP contribution in [0.1, 0.15) is 16.8 Å². The molecule has 3 heterocycles. The summed E-state index contributed by atoms with van der Waals surface area (Å²) in [5.74, 6) is 1.29. The second-order valence-electron chi connectivity index (χ2n) is 6.96. The SMILES string of the molecule is COCCOc1ccc(-c2c(C#N)c(N)nc(SCc3csc(-c4ccsc4)n3)c2C#N)cc1. The Labute approximate surface area is 209 Å². The van der Waals surface area contributed by atoms with Gasteiger partial charge in [-0.3, -0.25) is 0 Å². The molecule has 4 rings (SSSR count). The molecule has 0 saturated carbocycles. The molecule has 0 fully saturated rings. The molecule has 0 radical (unpaired) electrons. The summed E-state index contributed by atoms with van der Waals surface area (Å²) in [7, 11) is 1.61. The summed E-state index contributed by atoms with van der Waals surface area (Å²) in [5.41, 5.74) is 9.79. The van der Waals surface area contributed by atoms with Crippen molar-refractivity contribution in [3.05, 3.63) is 63.3 Å². The molecule has 34 heavy (non-hydrogen) atoms. The first-order chi connectivity index (χ1) is 16.6. The second kappa shape index (κ2) is 11.1. The number of methoxy groups -OCH3 is 1. The standard InChI is InChI=1S/C24H19N5O2S3/c1-30-7-8-31-18-4-2-15(3-5-18)21-19(10-25)22(27)29-24(20(21)11-26)34-14-17-13-33-23(28-17)16-6-9-32-12-16/h2-6,9,12-13H,7-8,14H2,1H3,(H2,27,29). The maximum atomic E-state index is 9.99. The summed E-state index contributed by atoms with van der Waals surface area (Å²) in [6.45, 7) is 0.907. The minimum atomic E-state index is 0.0941. The van der Waals surface area contributed by atoms with Gasteiger partial charge in [-0.25, -0.2) is 9.97 Å². The van der Waals surface area contributed by atoms with Gasteiger partial charge in [0.15, 0.2) is 0 Å². The molecule has 0 bridgehead atoms. The van der Waals surface area contributed by atoms with Crippen LogP contribution in [0.25, 0.3) is 21.7 Å². The number of anilines is 1. The molecule has 0 aliphatic carbocycles. The number of aromatic nitrogens is 2. The van der Waals surface area contributed by atoms with Crippen molar-refractivity contribution in [1.82, 2.24) is 9.97 Å². The monoisotopic (exact) mass is 505 g/mol. The van der Waals surface area contributed by atoms with Crippen LogP contribution >= 0.6 is 34.4 Å². The lowest BCUT2D eigenvalue weighted by atomic mass is 9.97. The highest BCUT2D eigenvalue weighted by atomic mass is 32.2. The highest BCUT2D eigenvalue weighted by Crippen LogP contribution is 2.37. The molecule has 10 heteroatoms. The third-order valence-electron chi connectivity index (χ3n) is 4.79. The van der Waals surface area contributed by atoms with Gasteiger partial charge in [0.05, 0.1) is 17.9 Å². The van der Waals surface area contributed by atoms with Crippen LogP contribution in [0, 0.1) is 22.7 Å². The molecule has 0 amide bonds. The topological polar surface area (TPSA) is 118 Å². The fraction of sp³-hybridized carbons (Fsp3) is 0.167. The summed E-state index contributed by atoms with van der Waals surface area (Å²) >= 11 is 4.59. The van der Waals surface area contributed by atoms with Crippen molar-refractivity contribution in [3.63, 3.8) is 0 Å². The number of nitrogens with two attached hydrogens (primary N) is 1. The van der Waals surface area contributed by atoms with Crippen LogP contribution in [0.3, 0.4) is 0 Å². The van der Waals surface area contributed by atoms with Crippen LogP contribution in [0.4, 0.5) is 5.82 Å². The van der Waals surface area contributed by atoms with Gasteiger partial charge in [0, 0.05) is 34.7 Å². The van der Waals surface area contributed by atoms with Crippen LogP contribution < -0.4 is 10.5 Å². The molecule has 0 aliphatic heterocycles. The van der Waals surface area contributed by atoms with Gasteiger partial charge in [0.1, 0.15) is 45.9 Å². The van der Waals surface area contributed by atoms with Gasteiger partial charge >= 0.3 is 0 Å². The number of hydrogen-bond acceptors (Lipinski definition) is 10. The third-order valence-corrected chi connectivity index (χ3v) is 7.42. The van der Waals surface area contributed by atoms with Gasteiger partial charge in [-0.15, -0.1) is 11.3 Å². The Morgan fingerprint density at radius 1 is 1.00 bits per heavy atom. The zero-order valence-electron chi connectivity index (χ0n) is 18.1. The number of rotatable bonds is 9. The summed E-state index contributed by atoms with van der Waals surface area (Å²) in [5, 5.41) is 27.2. The maximum absolute atomic E-state index is 9.99. The molecule has 0 unspecified atom stereocenters. The molecule has 0 saturated heterocycles. The van der Waals surface area contributed by atoms with E-state index in [4.69, 9.17) is 15.2 Å². The van der Waals surface area contributed by atoms with Gasteiger partial charge in [-0.05, 0) is 29.1 Å². The Bertz CT molecular complexity index is 1350. The molecule has 3 aromatic heterocycles. The van der Waals surface area contributed by atoms with Crippen molar-refractivity contribution < 1.29 is 9.47 Å². The summed E-state index contributed by atoms with van der Waals surface area (Å²) in [6, 6.07) is 13.6. The Morgan fingerprint density at radius 2 is 1.79 bits per heavy atom. The first-order valence-corrected chi connectivity index (χ1v) is 12.9. The van der Waals surface area contributed by atoms with Crippen molar-refractivity contribution in [1.29, 1.82) is 10.5 Å². The minimum absolute atomic E-state index is 0.0941. The zero-order chi connectivity index (χ0) is 23.9. The van der Waals surface area contributed by atoms with E-state index in [1.54, 1.807) is 54.0 Å². The first kappa shape index (κ1) is 23.7. The Hall–Kier alpha value is -3.41. The number of nitrogens with zero attached hydrogens (tertiary/aromatic N) is 4. The van der Waals surface area contributed by atoms with E-state index in [1.165, 1.54) is 11.8 Å². The van der Waals surface area contributed by atoms with Crippen molar-refractivity contribution in [2.24, 2.45) is 0 Å². The average molecular weight is 506 g/mol. The number of benzene rings is 1. The molecule has 0 aliphatic rings. The summed E-state index contributed by atoms with van der Waals surface area (Å²) in [4.78, 5) is 9.06. The molecule has 0 spiro atoms. The predicted molar refractivity (Wildman–Crippen MR) is 136 cm³/mol. The molecule has 7 nitrogen and oxygen atoms in total. The van der Waals surface area contributed by atoms with Gasteiger partial charge in [0.25, 0.3) is 0 Å². The van der Waals surface area contributed by atoms with E-state index < -0.39 is 0 Å². The Balaban J connectivity index is 1.62. The van der Waals surface area contributed by atoms with Crippen LogP contribution in [0.15, 0.2) is 51.5 Å². The largest absolute Gasteiger partial charge is 0.491 e. The lowest BCUT2D eigenvalue weighted by molar-refractivity contribution is 0.146. The van der Waals surface area contributed by atoms with E-state index >= 15 is 0 Å². The number of nitriles is 2. The second-order valence-corrected chi connectivity index (χ2v) is 9.56. The number of hydrogen-bond donors (Lipinski definition) is 1. The average Bonchev–Trinajstić information content (AvgIpc) is 3.55. The van der Waals surface area contributed by atoms with Crippen molar-refractivity contribution in [2.45, 2.75) is 10.8 Å². The number of ether oxygens (including phenoxy) is 2. The van der Waals surface area contributed by atoms with Crippen LogP contribution in [-0.4, -0.2) is 30.3 Å². The lowest BCUT2D eigenvalue weighted by Gasteiger charge is -2.13. The summed E-state index contributed by atoms with van der Waals surface area (Å²) < 4.78 is 10.6. The Morgan fingerprint density at radius 3 is 2.47 bits per heavy atom. The van der Waals surface area contributed by atoms with Crippen molar-refractivity contribution >= 4 is 40.3 Å². The van der Waals surface area contributed by atoms with E-state index in [-0.39, 0.29) is 11.4 Å². The van der Waals surface area contributed by atoms with E-state index in [1.807, 2.05) is 16.8 Å². The third kappa shape index (κ3) is 5.22. The zero-order valence-corrected chi connectivity index (χ0v) is 20.6. The maximum Gasteiger partial charge on any atom is 0.143 e. The van der Waals surface area contributed by atoms with Gasteiger partial charge in [-0.2, -0.15) is 21.9 Å². The van der Waals surface area contributed by atoms with E-state index in [0.717, 1.165) is 16.3 Å². The number of thiophene rings is 1. The first-order valence-electron chi connectivity index (χ1n) is 10.1. The van der Waals surface area contributed by atoms with Gasteiger partial charge < -0.3 is 15.2 Å². The molecule has 1 aromatic carbocycles. The minimum Gasteiger partial charge on any atom is -0.491 e. The highest BCUT2D eigenvalue weighted by molar-refractivity contribution is 7.98. The molecule has 4 aromatic rings. The molecule has 0 atom stereocenters. The quantitative estimate of drug-likeness (QED) is 0.231. The lowest BCUT2D eigenvalue weighted by Crippen LogP contribution is -2.05. The smallest absolute Gasteiger partial charge is 0.143 e. The van der Waals surface area contributed by atoms with Gasteiger partial charge in [-0.1, -0.05) is 23.9 Å². The van der Waals surface area contributed by atoms with E-state index in [0.29, 0.717) is 46.4 Å². The number of pyridine rings is 1. The normalized spacial score (nSPS) is 10.6. The summed E-state index contributed by atoms with van der Waals surface area (Å²) in [6.07, 6.45) is 0. The number of nitrogen functional groups attached to an aromatic ring is 1. The molecule has 170 valence electrons.